The van der Waals surface area contributed by atoms with Crippen LogP contribution in [0.5, 0.6) is 0 Å². The Hall–Kier alpha value is -1.14. The molecule has 6 atom stereocenters. The lowest BCUT2D eigenvalue weighted by atomic mass is 9.90. The summed E-state index contributed by atoms with van der Waals surface area (Å²) in [4.78, 5) is 23.6. The predicted molar refractivity (Wildman–Crippen MR) is 92.4 cm³/mol. The number of fused-ring (bicyclic) bond motifs is 2. The van der Waals surface area contributed by atoms with Gasteiger partial charge in [0.1, 0.15) is 0 Å². The van der Waals surface area contributed by atoms with Crippen molar-refractivity contribution < 1.29 is 28.5 Å². The molecular weight excluding hydrogens is 336 g/mol. The minimum Gasteiger partial charge on any atom is -0.465 e. The molecule has 146 valence electrons. The summed E-state index contributed by atoms with van der Waals surface area (Å²) in [6.07, 6.45) is 10.4. The Morgan fingerprint density at radius 3 is 1.58 bits per heavy atom. The maximum atomic E-state index is 11.8. The molecule has 0 amide bonds. The summed E-state index contributed by atoms with van der Waals surface area (Å²) in [6.45, 7) is 1.03. The molecule has 0 spiro atoms. The van der Waals surface area contributed by atoms with E-state index in [1.165, 1.54) is 0 Å². The van der Waals surface area contributed by atoms with Gasteiger partial charge in [0.15, 0.2) is 0 Å². The van der Waals surface area contributed by atoms with Crippen molar-refractivity contribution >= 4 is 11.9 Å². The number of ether oxygens (including phenoxy) is 4. The lowest BCUT2D eigenvalue weighted by Gasteiger charge is -2.18. The molecule has 2 aliphatic heterocycles. The van der Waals surface area contributed by atoms with Gasteiger partial charge in [0.05, 0.1) is 37.6 Å². The molecule has 0 bridgehead atoms. The number of rotatable bonds is 9. The Bertz CT molecular complexity index is 474. The average molecular weight is 366 g/mol. The van der Waals surface area contributed by atoms with Gasteiger partial charge in [-0.25, -0.2) is 0 Å². The highest BCUT2D eigenvalue weighted by molar-refractivity contribution is 5.70. The van der Waals surface area contributed by atoms with Crippen molar-refractivity contribution in [1.29, 1.82) is 0 Å². The van der Waals surface area contributed by atoms with Crippen molar-refractivity contribution in [3.05, 3.63) is 0 Å². The Kier molecular flexibility index (Phi) is 5.79. The van der Waals surface area contributed by atoms with Gasteiger partial charge < -0.3 is 18.9 Å². The third-order valence-corrected chi connectivity index (χ3v) is 6.20. The van der Waals surface area contributed by atoms with Crippen molar-refractivity contribution in [2.45, 2.75) is 88.6 Å². The first kappa shape index (κ1) is 18.2. The van der Waals surface area contributed by atoms with Gasteiger partial charge in [-0.2, -0.15) is 0 Å². The highest BCUT2D eigenvalue weighted by Crippen LogP contribution is 2.40. The topological polar surface area (TPSA) is 77.7 Å². The molecule has 2 aliphatic carbocycles. The van der Waals surface area contributed by atoms with Crippen LogP contribution in [0.15, 0.2) is 0 Å². The molecule has 2 saturated carbocycles. The summed E-state index contributed by atoms with van der Waals surface area (Å²) in [5, 5.41) is 0. The zero-order valence-electron chi connectivity index (χ0n) is 15.4. The van der Waals surface area contributed by atoms with Gasteiger partial charge in [-0.15, -0.1) is 0 Å². The van der Waals surface area contributed by atoms with Gasteiger partial charge in [0.2, 0.25) is 0 Å². The summed E-state index contributed by atoms with van der Waals surface area (Å²) in [5.41, 5.74) is 0. The summed E-state index contributed by atoms with van der Waals surface area (Å²) in [6, 6.07) is 0. The van der Waals surface area contributed by atoms with E-state index >= 15 is 0 Å². The molecule has 0 aromatic heterocycles. The molecule has 4 fully saturated rings. The van der Waals surface area contributed by atoms with Crippen LogP contribution in [0.3, 0.4) is 0 Å². The van der Waals surface area contributed by atoms with Crippen LogP contribution in [0.25, 0.3) is 0 Å². The number of carbonyl (C=O) groups is 2. The molecule has 4 aliphatic rings. The van der Waals surface area contributed by atoms with Crippen molar-refractivity contribution in [2.75, 3.05) is 13.2 Å². The summed E-state index contributed by atoms with van der Waals surface area (Å²) >= 11 is 0. The van der Waals surface area contributed by atoms with Gasteiger partial charge in [0, 0.05) is 12.8 Å². The molecular formula is C20H30O6. The predicted octanol–water partition coefficient (Wildman–Crippen LogP) is 2.77. The molecule has 4 rings (SSSR count). The summed E-state index contributed by atoms with van der Waals surface area (Å²) in [5.74, 6) is 0.597. The smallest absolute Gasteiger partial charge is 0.305 e. The van der Waals surface area contributed by atoms with Gasteiger partial charge in [0.25, 0.3) is 0 Å². The van der Waals surface area contributed by atoms with Crippen molar-refractivity contribution in [3.63, 3.8) is 0 Å². The first-order valence-corrected chi connectivity index (χ1v) is 10.3. The van der Waals surface area contributed by atoms with Crippen LogP contribution in [0, 0.1) is 11.8 Å². The van der Waals surface area contributed by atoms with E-state index in [9.17, 15) is 9.59 Å². The maximum Gasteiger partial charge on any atom is 0.305 e. The van der Waals surface area contributed by atoms with Gasteiger partial charge >= 0.3 is 11.9 Å². The molecule has 26 heavy (non-hydrogen) atoms. The monoisotopic (exact) mass is 366 g/mol. The van der Waals surface area contributed by atoms with Crippen LogP contribution in [0.4, 0.5) is 0 Å². The Balaban J connectivity index is 0.992. The fraction of sp³-hybridized carbons (Fsp3) is 0.900. The van der Waals surface area contributed by atoms with Crippen LogP contribution >= 0.6 is 0 Å². The lowest BCUT2D eigenvalue weighted by molar-refractivity contribution is -0.147. The number of hydrogen-bond acceptors (Lipinski definition) is 6. The van der Waals surface area contributed by atoms with Crippen LogP contribution in [-0.4, -0.2) is 49.6 Å². The normalized spacial score (nSPS) is 37.2. The highest BCUT2D eigenvalue weighted by atomic mass is 16.6. The molecule has 2 saturated heterocycles. The molecule has 6 nitrogen and oxygen atoms in total. The fourth-order valence-electron chi connectivity index (χ4n) is 4.38. The minimum atomic E-state index is -0.154. The quantitative estimate of drug-likeness (QED) is 0.355. The van der Waals surface area contributed by atoms with Crippen LogP contribution in [0.2, 0.25) is 0 Å². The SMILES string of the molecule is O=C(CCCCC(=O)OC[C@H]1CC[C@H]2O[C@@H]2C1)OC[C@H]1CC[C@H]2O[C@H]2C1. The third-order valence-electron chi connectivity index (χ3n) is 6.20. The highest BCUT2D eigenvalue weighted by Gasteiger charge is 2.44. The first-order valence-electron chi connectivity index (χ1n) is 10.3. The lowest BCUT2D eigenvalue weighted by Crippen LogP contribution is -2.20. The zero-order chi connectivity index (χ0) is 17.9. The van der Waals surface area contributed by atoms with Gasteiger partial charge in [-0.1, -0.05) is 0 Å². The largest absolute Gasteiger partial charge is 0.465 e. The number of unbranched alkanes of at least 4 members (excludes halogenated alkanes) is 1. The van der Waals surface area contributed by atoms with E-state index < -0.39 is 0 Å². The molecule has 2 heterocycles. The maximum absolute atomic E-state index is 11.8. The van der Waals surface area contributed by atoms with E-state index in [-0.39, 0.29) is 11.9 Å². The number of carbonyl (C=O) groups excluding carboxylic acids is 2. The van der Waals surface area contributed by atoms with E-state index in [0.29, 0.717) is 75.1 Å². The second kappa shape index (κ2) is 8.26. The number of esters is 2. The van der Waals surface area contributed by atoms with Crippen LogP contribution in [-0.2, 0) is 28.5 Å². The number of hydrogen-bond donors (Lipinski definition) is 0. The average Bonchev–Trinajstić information content (AvgIpc) is 3.55. The molecule has 6 heteroatoms. The van der Waals surface area contributed by atoms with Gasteiger partial charge in [-0.05, 0) is 63.2 Å². The summed E-state index contributed by atoms with van der Waals surface area (Å²) in [7, 11) is 0. The first-order chi connectivity index (χ1) is 12.7. The van der Waals surface area contributed by atoms with Gasteiger partial charge in [-0.3, -0.25) is 9.59 Å². The second-order valence-electron chi connectivity index (χ2n) is 8.36. The Labute approximate surface area is 154 Å². The Morgan fingerprint density at radius 2 is 1.15 bits per heavy atom. The van der Waals surface area contributed by atoms with E-state index in [1.807, 2.05) is 0 Å². The van der Waals surface area contributed by atoms with Crippen LogP contribution in [0.1, 0.15) is 64.2 Å². The van der Waals surface area contributed by atoms with Crippen molar-refractivity contribution in [3.8, 4) is 0 Å². The standard InChI is InChI=1S/C20H30O6/c21-19(23-11-13-5-7-15-17(9-13)25-15)3-1-2-4-20(22)24-12-14-6-8-16-18(10-14)26-16/h13-18H,1-12H2/t13-,14-,15+,16+,17-,18+/m0/s1. The molecule has 0 unspecified atom stereocenters. The molecule has 0 N–H and O–H groups in total. The molecule has 0 aromatic rings. The van der Waals surface area contributed by atoms with Crippen molar-refractivity contribution in [1.82, 2.24) is 0 Å². The fourth-order valence-corrected chi connectivity index (χ4v) is 4.38. The van der Waals surface area contributed by atoms with E-state index in [1.54, 1.807) is 0 Å². The molecule has 0 aromatic carbocycles. The minimum absolute atomic E-state index is 0.154. The molecule has 0 radical (unpaired) electrons. The van der Waals surface area contributed by atoms with E-state index in [4.69, 9.17) is 18.9 Å². The third kappa shape index (κ3) is 5.19. The second-order valence-corrected chi connectivity index (χ2v) is 8.36. The van der Waals surface area contributed by atoms with Crippen LogP contribution < -0.4 is 0 Å². The zero-order valence-corrected chi connectivity index (χ0v) is 15.4. The van der Waals surface area contributed by atoms with E-state index in [2.05, 4.69) is 0 Å². The van der Waals surface area contributed by atoms with Crippen molar-refractivity contribution in [2.24, 2.45) is 11.8 Å². The Morgan fingerprint density at radius 1 is 0.692 bits per heavy atom. The number of epoxide rings is 2. The summed E-state index contributed by atoms with van der Waals surface area (Å²) < 4.78 is 21.7. The van der Waals surface area contributed by atoms with E-state index in [0.717, 1.165) is 38.5 Å².